The van der Waals surface area contributed by atoms with Crippen LogP contribution in [-0.2, 0) is 13.0 Å². The highest BCUT2D eigenvalue weighted by molar-refractivity contribution is 14.1. The fourth-order valence-electron chi connectivity index (χ4n) is 1.84. The van der Waals surface area contributed by atoms with Crippen LogP contribution < -0.4 is 10.6 Å². The average molecular weight is 576 g/mol. The van der Waals surface area contributed by atoms with E-state index < -0.39 is 0 Å². The summed E-state index contributed by atoms with van der Waals surface area (Å²) in [7, 11) is 1.80. The first-order chi connectivity index (χ1) is 10.6. The van der Waals surface area contributed by atoms with Crippen molar-refractivity contribution in [2.45, 2.75) is 32.7 Å². The molecule has 0 aromatic carbocycles. The van der Waals surface area contributed by atoms with Crippen molar-refractivity contribution in [3.05, 3.63) is 36.0 Å². The molecule has 0 aliphatic carbocycles. The van der Waals surface area contributed by atoms with Crippen molar-refractivity contribution in [3.8, 4) is 0 Å². The van der Waals surface area contributed by atoms with E-state index >= 15 is 0 Å². The van der Waals surface area contributed by atoms with Crippen LogP contribution in [0.5, 0.6) is 0 Å². The first-order valence-corrected chi connectivity index (χ1v) is 9.99. The Hall–Kier alpha value is 0.0600. The number of aliphatic imine (C=N–C) groups is 1. The Kier molecular flexibility index (Phi) is 9.94. The molecule has 2 aromatic rings. The number of thiophene rings is 1. The van der Waals surface area contributed by atoms with Gasteiger partial charge in [-0.15, -0.1) is 46.7 Å². The number of hydrogen-bond donors (Lipinski definition) is 2. The minimum atomic E-state index is 0. The van der Waals surface area contributed by atoms with E-state index in [1.807, 2.05) is 11.3 Å². The van der Waals surface area contributed by atoms with E-state index in [4.69, 9.17) is 0 Å². The van der Waals surface area contributed by atoms with Gasteiger partial charge in [0.25, 0.3) is 0 Å². The second kappa shape index (κ2) is 10.8. The summed E-state index contributed by atoms with van der Waals surface area (Å²) in [6, 6.07) is 4.34. The Balaban J connectivity index is 0.00000264. The molecular formula is C15H22I2N4S2. The molecule has 2 heterocycles. The Morgan fingerprint density at radius 1 is 1.35 bits per heavy atom. The number of halogens is 2. The predicted molar refractivity (Wildman–Crippen MR) is 121 cm³/mol. The lowest BCUT2D eigenvalue weighted by Crippen LogP contribution is -2.37. The SMILES string of the molecule is CN=C(NCCc1ccc(I)s1)NCc1nc(C(C)C)cs1.I. The van der Waals surface area contributed by atoms with Crippen molar-refractivity contribution in [1.82, 2.24) is 15.6 Å². The zero-order chi connectivity index (χ0) is 15.9. The topological polar surface area (TPSA) is 49.3 Å². The Morgan fingerprint density at radius 3 is 2.70 bits per heavy atom. The highest BCUT2D eigenvalue weighted by atomic mass is 127. The van der Waals surface area contributed by atoms with Gasteiger partial charge in [0.05, 0.1) is 15.1 Å². The van der Waals surface area contributed by atoms with Crippen molar-refractivity contribution in [2.75, 3.05) is 13.6 Å². The molecule has 0 atom stereocenters. The van der Waals surface area contributed by atoms with Gasteiger partial charge in [-0.25, -0.2) is 4.98 Å². The molecular weight excluding hydrogens is 554 g/mol. The maximum absolute atomic E-state index is 4.62. The number of nitrogens with zero attached hydrogens (tertiary/aromatic N) is 2. The number of rotatable bonds is 6. The minimum absolute atomic E-state index is 0. The van der Waals surface area contributed by atoms with Gasteiger partial charge in [0.15, 0.2) is 5.96 Å². The van der Waals surface area contributed by atoms with Crippen molar-refractivity contribution in [3.63, 3.8) is 0 Å². The van der Waals surface area contributed by atoms with E-state index in [1.165, 1.54) is 7.76 Å². The van der Waals surface area contributed by atoms with Gasteiger partial charge in [-0.3, -0.25) is 4.99 Å². The van der Waals surface area contributed by atoms with Crippen LogP contribution in [0.25, 0.3) is 0 Å². The van der Waals surface area contributed by atoms with Gasteiger partial charge >= 0.3 is 0 Å². The molecule has 0 spiro atoms. The fraction of sp³-hybridized carbons (Fsp3) is 0.467. The first kappa shape index (κ1) is 21.1. The van der Waals surface area contributed by atoms with Crippen LogP contribution in [0.2, 0.25) is 0 Å². The van der Waals surface area contributed by atoms with Crippen LogP contribution in [0, 0.1) is 2.88 Å². The Morgan fingerprint density at radius 2 is 2.13 bits per heavy atom. The number of nitrogens with one attached hydrogen (secondary N) is 2. The van der Waals surface area contributed by atoms with Crippen molar-refractivity contribution in [1.29, 1.82) is 0 Å². The third-order valence-electron chi connectivity index (χ3n) is 3.08. The van der Waals surface area contributed by atoms with E-state index in [0.717, 1.165) is 29.6 Å². The Bertz CT molecular complexity index is 623. The van der Waals surface area contributed by atoms with Gasteiger partial charge in [-0.2, -0.15) is 0 Å². The van der Waals surface area contributed by atoms with Crippen LogP contribution in [0.1, 0.15) is 35.3 Å². The molecule has 2 aromatic heterocycles. The molecule has 23 heavy (non-hydrogen) atoms. The van der Waals surface area contributed by atoms with Crippen molar-refractivity contribution in [2.24, 2.45) is 4.99 Å². The normalized spacial score (nSPS) is 11.4. The summed E-state index contributed by atoms with van der Waals surface area (Å²) >= 11 is 5.89. The quantitative estimate of drug-likeness (QED) is 0.304. The third-order valence-corrected chi connectivity index (χ3v) is 5.91. The van der Waals surface area contributed by atoms with Gasteiger partial charge in [0.2, 0.25) is 0 Å². The lowest BCUT2D eigenvalue weighted by Gasteiger charge is -2.10. The molecule has 8 heteroatoms. The highest BCUT2D eigenvalue weighted by Gasteiger charge is 2.06. The summed E-state index contributed by atoms with van der Waals surface area (Å²) in [6.45, 7) is 5.93. The molecule has 0 radical (unpaired) electrons. The average Bonchev–Trinajstić information content (AvgIpc) is 3.11. The number of thiazole rings is 1. The molecule has 4 nitrogen and oxygen atoms in total. The summed E-state index contributed by atoms with van der Waals surface area (Å²) in [5.41, 5.74) is 1.16. The van der Waals surface area contributed by atoms with Gasteiger partial charge in [0, 0.05) is 23.8 Å². The number of hydrogen-bond acceptors (Lipinski definition) is 4. The predicted octanol–water partition coefficient (Wildman–Crippen LogP) is 4.46. The standard InChI is InChI=1S/C15H21IN4S2.HI/c1-10(2)12-9-21-14(20-12)8-19-15(17-3)18-7-6-11-4-5-13(16)22-11;/h4-5,9-10H,6-8H2,1-3H3,(H2,17,18,19);1H. The van der Waals surface area contributed by atoms with Crippen molar-refractivity contribution >= 4 is 75.2 Å². The van der Waals surface area contributed by atoms with Gasteiger partial charge in [-0.05, 0) is 47.1 Å². The van der Waals surface area contributed by atoms with E-state index in [-0.39, 0.29) is 24.0 Å². The van der Waals surface area contributed by atoms with Gasteiger partial charge in [0.1, 0.15) is 5.01 Å². The first-order valence-electron chi connectivity index (χ1n) is 7.21. The number of aromatic nitrogens is 1. The second-order valence-corrected chi connectivity index (χ2v) is 9.13. The summed E-state index contributed by atoms with van der Waals surface area (Å²) < 4.78 is 1.33. The lowest BCUT2D eigenvalue weighted by atomic mass is 10.2. The summed E-state index contributed by atoms with van der Waals surface area (Å²) in [4.78, 5) is 10.3. The molecule has 0 unspecified atom stereocenters. The van der Waals surface area contributed by atoms with Crippen LogP contribution >= 0.6 is 69.2 Å². The maximum Gasteiger partial charge on any atom is 0.191 e. The van der Waals surface area contributed by atoms with Crippen LogP contribution in [0.15, 0.2) is 22.5 Å². The largest absolute Gasteiger partial charge is 0.356 e. The summed E-state index contributed by atoms with van der Waals surface area (Å²) in [6.07, 6.45) is 1.02. The molecule has 0 bridgehead atoms. The van der Waals surface area contributed by atoms with Gasteiger partial charge < -0.3 is 10.6 Å². The summed E-state index contributed by atoms with van der Waals surface area (Å²) in [5, 5.41) is 9.90. The van der Waals surface area contributed by atoms with Crippen LogP contribution in [0.4, 0.5) is 0 Å². The highest BCUT2D eigenvalue weighted by Crippen LogP contribution is 2.18. The van der Waals surface area contributed by atoms with E-state index in [0.29, 0.717) is 12.5 Å². The maximum atomic E-state index is 4.62. The zero-order valence-electron chi connectivity index (χ0n) is 13.4. The fourth-order valence-corrected chi connectivity index (χ4v) is 4.49. The molecule has 0 amide bonds. The van der Waals surface area contributed by atoms with Crippen LogP contribution in [-0.4, -0.2) is 24.5 Å². The summed E-state index contributed by atoms with van der Waals surface area (Å²) in [5.74, 6) is 1.31. The molecule has 2 N–H and O–H groups in total. The van der Waals surface area contributed by atoms with E-state index in [9.17, 15) is 0 Å². The van der Waals surface area contributed by atoms with E-state index in [2.05, 4.69) is 74.6 Å². The lowest BCUT2D eigenvalue weighted by molar-refractivity contribution is 0.781. The number of guanidine groups is 1. The molecule has 2 rings (SSSR count). The van der Waals surface area contributed by atoms with Crippen LogP contribution in [0.3, 0.4) is 0 Å². The molecule has 0 aliphatic heterocycles. The second-order valence-electron chi connectivity index (χ2n) is 5.13. The van der Waals surface area contributed by atoms with Gasteiger partial charge in [-0.1, -0.05) is 13.8 Å². The zero-order valence-corrected chi connectivity index (χ0v) is 19.5. The third kappa shape index (κ3) is 7.22. The smallest absolute Gasteiger partial charge is 0.191 e. The molecule has 0 fully saturated rings. The minimum Gasteiger partial charge on any atom is -0.356 e. The Labute approximate surface area is 176 Å². The molecule has 0 saturated heterocycles. The van der Waals surface area contributed by atoms with Crippen molar-refractivity contribution < 1.29 is 0 Å². The monoisotopic (exact) mass is 576 g/mol. The molecule has 0 aliphatic rings. The van der Waals surface area contributed by atoms with E-state index in [1.54, 1.807) is 18.4 Å². The molecule has 128 valence electrons. The molecule has 0 saturated carbocycles.